The number of aromatic amines is 1. The van der Waals surface area contributed by atoms with E-state index in [1.54, 1.807) is 12.1 Å². The van der Waals surface area contributed by atoms with Gasteiger partial charge in [-0.25, -0.2) is 4.98 Å². The number of hydrogen-bond acceptors (Lipinski definition) is 3. The van der Waals surface area contributed by atoms with Crippen LogP contribution >= 0.6 is 0 Å². The normalized spacial score (nSPS) is 11.4. The fraction of sp³-hybridized carbons (Fsp3) is 0.185. The summed E-state index contributed by atoms with van der Waals surface area (Å²) in [6, 6.07) is 19.4. The second-order valence-electron chi connectivity index (χ2n) is 8.36. The molecular formula is C27H25N3O2. The maximum absolute atomic E-state index is 13.7. The van der Waals surface area contributed by atoms with Crippen molar-refractivity contribution in [2.75, 3.05) is 0 Å². The van der Waals surface area contributed by atoms with Gasteiger partial charge in [-0.3, -0.25) is 4.79 Å². The molecule has 160 valence electrons. The molecule has 0 aliphatic rings. The molecule has 0 radical (unpaired) electrons. The van der Waals surface area contributed by atoms with E-state index in [0.29, 0.717) is 12.2 Å². The number of nitrogens with zero attached hydrogens (tertiary/aromatic N) is 2. The van der Waals surface area contributed by atoms with Crippen molar-refractivity contribution < 1.29 is 5.11 Å². The van der Waals surface area contributed by atoms with Crippen LogP contribution in [0.1, 0.15) is 23.1 Å². The van der Waals surface area contributed by atoms with Crippen molar-refractivity contribution in [1.29, 1.82) is 0 Å². The third-order valence-electron chi connectivity index (χ3n) is 6.19. The minimum atomic E-state index is -0.0730. The highest BCUT2D eigenvalue weighted by Gasteiger charge is 2.16. The van der Waals surface area contributed by atoms with Crippen molar-refractivity contribution in [1.82, 2.24) is 14.5 Å². The van der Waals surface area contributed by atoms with Gasteiger partial charge in [-0.15, -0.1) is 0 Å². The highest BCUT2D eigenvalue weighted by molar-refractivity contribution is 5.95. The molecule has 0 fully saturated rings. The Morgan fingerprint density at radius 3 is 2.56 bits per heavy atom. The summed E-state index contributed by atoms with van der Waals surface area (Å²) in [5, 5.41) is 10.5. The molecule has 32 heavy (non-hydrogen) atoms. The molecule has 0 atom stereocenters. The van der Waals surface area contributed by atoms with Gasteiger partial charge in [0.15, 0.2) is 0 Å². The number of aryl methyl sites for hydroxylation is 4. The fourth-order valence-corrected chi connectivity index (χ4v) is 4.27. The van der Waals surface area contributed by atoms with Gasteiger partial charge in [-0.1, -0.05) is 30.3 Å². The van der Waals surface area contributed by atoms with E-state index in [-0.39, 0.29) is 11.3 Å². The fourth-order valence-electron chi connectivity index (χ4n) is 4.27. The Morgan fingerprint density at radius 2 is 1.75 bits per heavy atom. The van der Waals surface area contributed by atoms with Crippen LogP contribution in [0.25, 0.3) is 33.2 Å². The number of aromatic hydroxyl groups is 1. The lowest BCUT2D eigenvalue weighted by atomic mass is 10.1. The Morgan fingerprint density at radius 1 is 1.00 bits per heavy atom. The van der Waals surface area contributed by atoms with Crippen molar-refractivity contribution in [2.45, 2.75) is 33.2 Å². The van der Waals surface area contributed by atoms with Crippen LogP contribution < -0.4 is 5.56 Å². The van der Waals surface area contributed by atoms with Crippen molar-refractivity contribution in [3.05, 3.63) is 93.9 Å². The van der Waals surface area contributed by atoms with Gasteiger partial charge in [-0.05, 0) is 73.7 Å². The Kier molecular flexibility index (Phi) is 5.02. The van der Waals surface area contributed by atoms with E-state index in [4.69, 9.17) is 4.98 Å². The number of phenolic OH excluding ortho intramolecular Hbond substituents is 1. The van der Waals surface area contributed by atoms with Gasteiger partial charge in [0, 0.05) is 29.2 Å². The zero-order valence-electron chi connectivity index (χ0n) is 18.2. The number of fused-ring (bicyclic) bond motifs is 2. The molecule has 2 N–H and O–H groups in total. The van der Waals surface area contributed by atoms with E-state index in [0.717, 1.165) is 57.0 Å². The molecule has 0 saturated carbocycles. The Labute approximate surface area is 186 Å². The lowest BCUT2D eigenvalue weighted by Gasteiger charge is -2.14. The Hall–Kier alpha value is -3.86. The molecule has 5 rings (SSSR count). The maximum Gasteiger partial charge on any atom is 0.277 e. The number of H-pyrrole nitrogens is 1. The molecule has 0 unspecified atom stereocenters. The summed E-state index contributed by atoms with van der Waals surface area (Å²) < 4.78 is 1.87. The van der Waals surface area contributed by atoms with Crippen LogP contribution in [-0.2, 0) is 13.0 Å². The molecular weight excluding hydrogens is 398 g/mol. The summed E-state index contributed by atoms with van der Waals surface area (Å²) in [6.45, 7) is 4.73. The van der Waals surface area contributed by atoms with Crippen molar-refractivity contribution >= 4 is 21.9 Å². The van der Waals surface area contributed by atoms with Gasteiger partial charge in [0.05, 0.1) is 11.0 Å². The van der Waals surface area contributed by atoms with E-state index >= 15 is 0 Å². The van der Waals surface area contributed by atoms with E-state index < -0.39 is 0 Å². The lowest BCUT2D eigenvalue weighted by molar-refractivity contribution is 0.475. The highest BCUT2D eigenvalue weighted by Crippen LogP contribution is 2.27. The van der Waals surface area contributed by atoms with Crippen LogP contribution in [-0.4, -0.2) is 19.6 Å². The molecule has 0 amide bonds. The molecule has 0 spiro atoms. The first-order valence-electron chi connectivity index (χ1n) is 10.9. The molecule has 5 heteroatoms. The first-order valence-corrected chi connectivity index (χ1v) is 10.9. The van der Waals surface area contributed by atoms with Gasteiger partial charge in [-0.2, -0.15) is 0 Å². The zero-order chi connectivity index (χ0) is 22.2. The van der Waals surface area contributed by atoms with Gasteiger partial charge in [0.2, 0.25) is 0 Å². The van der Waals surface area contributed by atoms with E-state index in [9.17, 15) is 9.90 Å². The summed E-state index contributed by atoms with van der Waals surface area (Å²) in [6.07, 6.45) is 3.51. The monoisotopic (exact) mass is 423 g/mol. The maximum atomic E-state index is 13.7. The Balaban J connectivity index is 1.61. The first kappa shape index (κ1) is 20.1. The minimum absolute atomic E-state index is 0.0730. The van der Waals surface area contributed by atoms with Crippen molar-refractivity contribution in [2.24, 2.45) is 0 Å². The number of aromatic nitrogens is 3. The van der Waals surface area contributed by atoms with Gasteiger partial charge >= 0.3 is 0 Å². The second kappa shape index (κ2) is 8.00. The second-order valence-corrected chi connectivity index (χ2v) is 8.36. The standard InChI is InChI=1S/C27H25N3O2/c1-17-14-24-25(15-18(17)2)30(13-5-6-19-9-11-20(31)12-10-19)27(32)26(29-24)22-16-28-23-8-4-3-7-21(22)23/h3-4,7-12,14-16,28,31H,5-6,13H2,1-2H3. The van der Waals surface area contributed by atoms with Gasteiger partial charge in [0.1, 0.15) is 11.4 Å². The molecule has 0 aliphatic heterocycles. The van der Waals surface area contributed by atoms with E-state index in [1.165, 1.54) is 0 Å². The van der Waals surface area contributed by atoms with Crippen molar-refractivity contribution in [3.8, 4) is 17.0 Å². The SMILES string of the molecule is Cc1cc2nc(-c3c[nH]c4ccccc34)c(=O)n(CCCc3ccc(O)cc3)c2cc1C. The molecule has 0 bridgehead atoms. The predicted molar refractivity (Wildman–Crippen MR) is 129 cm³/mol. The third-order valence-corrected chi connectivity index (χ3v) is 6.19. The molecule has 5 nitrogen and oxygen atoms in total. The average Bonchev–Trinajstić information content (AvgIpc) is 3.22. The van der Waals surface area contributed by atoms with Gasteiger partial charge < -0.3 is 14.7 Å². The number of rotatable bonds is 5. The number of hydrogen-bond donors (Lipinski definition) is 2. The minimum Gasteiger partial charge on any atom is -0.508 e. The predicted octanol–water partition coefficient (Wildman–Crippen LogP) is 5.50. The number of phenols is 1. The molecule has 0 saturated heterocycles. The molecule has 2 aromatic heterocycles. The molecule has 2 heterocycles. The topological polar surface area (TPSA) is 70.9 Å². The molecule has 0 aliphatic carbocycles. The van der Waals surface area contributed by atoms with Crippen LogP contribution in [0, 0.1) is 13.8 Å². The summed E-state index contributed by atoms with van der Waals surface area (Å²) in [4.78, 5) is 21.7. The smallest absolute Gasteiger partial charge is 0.277 e. The van der Waals surface area contributed by atoms with Crippen LogP contribution in [0.5, 0.6) is 5.75 Å². The average molecular weight is 424 g/mol. The van der Waals surface area contributed by atoms with Crippen LogP contribution in [0.2, 0.25) is 0 Å². The van der Waals surface area contributed by atoms with Gasteiger partial charge in [0.25, 0.3) is 5.56 Å². The van der Waals surface area contributed by atoms with Crippen LogP contribution in [0.3, 0.4) is 0 Å². The number of nitrogens with one attached hydrogen (secondary N) is 1. The molecule has 3 aromatic carbocycles. The summed E-state index contributed by atoms with van der Waals surface area (Å²) in [5.41, 5.74) is 7.36. The lowest BCUT2D eigenvalue weighted by Crippen LogP contribution is -2.24. The third kappa shape index (κ3) is 3.56. The van der Waals surface area contributed by atoms with Crippen LogP contribution in [0.15, 0.2) is 71.7 Å². The van der Waals surface area contributed by atoms with Crippen molar-refractivity contribution in [3.63, 3.8) is 0 Å². The van der Waals surface area contributed by atoms with E-state index in [1.807, 2.05) is 47.2 Å². The van der Waals surface area contributed by atoms with Crippen LogP contribution in [0.4, 0.5) is 0 Å². The summed E-state index contributed by atoms with van der Waals surface area (Å²) in [5.74, 6) is 0.263. The zero-order valence-corrected chi connectivity index (χ0v) is 18.2. The first-order chi connectivity index (χ1) is 15.5. The van der Waals surface area contributed by atoms with E-state index in [2.05, 4.69) is 31.0 Å². The summed E-state index contributed by atoms with van der Waals surface area (Å²) in [7, 11) is 0. The number of benzene rings is 3. The summed E-state index contributed by atoms with van der Waals surface area (Å²) >= 11 is 0. The Bertz CT molecular complexity index is 1490. The highest BCUT2D eigenvalue weighted by atomic mass is 16.3. The molecule has 5 aromatic rings. The number of para-hydroxylation sites is 1. The quantitative estimate of drug-likeness (QED) is 0.392. The largest absolute Gasteiger partial charge is 0.508 e.